The zero-order chi connectivity index (χ0) is 19.1. The maximum atomic E-state index is 12.8. The number of nitrogens with one attached hydrogen (secondary N) is 1. The highest BCUT2D eigenvalue weighted by Gasteiger charge is 2.26. The van der Waals surface area contributed by atoms with Crippen LogP contribution in [0.4, 0.5) is 0 Å². The molecule has 2 aromatic carbocycles. The Hall–Kier alpha value is -2.33. The van der Waals surface area contributed by atoms with Crippen LogP contribution in [-0.2, 0) is 11.3 Å². The molecule has 4 nitrogen and oxygen atoms in total. The number of ether oxygens (including phenoxy) is 1. The van der Waals surface area contributed by atoms with Crippen LogP contribution in [-0.4, -0.2) is 30.5 Å². The van der Waals surface area contributed by atoms with E-state index < -0.39 is 0 Å². The van der Waals surface area contributed by atoms with Crippen molar-refractivity contribution in [1.82, 2.24) is 10.2 Å². The fraction of sp³-hybridized carbons (Fsp3) is 0.435. The minimum atomic E-state index is -0.00215. The second-order valence-corrected chi connectivity index (χ2v) is 7.29. The minimum absolute atomic E-state index is 0.00215. The van der Waals surface area contributed by atoms with Crippen LogP contribution < -0.4 is 10.1 Å². The van der Waals surface area contributed by atoms with Crippen molar-refractivity contribution in [2.24, 2.45) is 5.92 Å². The number of nitrogens with zero attached hydrogens (tertiary/aromatic N) is 1. The van der Waals surface area contributed by atoms with Gasteiger partial charge in [-0.1, -0.05) is 42.5 Å². The first kappa shape index (κ1) is 19.4. The van der Waals surface area contributed by atoms with Crippen molar-refractivity contribution in [3.63, 3.8) is 0 Å². The van der Waals surface area contributed by atoms with E-state index in [9.17, 15) is 4.79 Å². The van der Waals surface area contributed by atoms with Crippen molar-refractivity contribution in [2.45, 2.75) is 39.3 Å². The number of carbonyl (C=O) groups excluding carboxylic acids is 1. The molecule has 3 rings (SSSR count). The lowest BCUT2D eigenvalue weighted by Gasteiger charge is -2.32. The molecule has 1 N–H and O–H groups in total. The molecular formula is C23H30N2O2. The topological polar surface area (TPSA) is 41.6 Å². The maximum Gasteiger partial charge on any atom is 0.224 e. The van der Waals surface area contributed by atoms with E-state index in [1.807, 2.05) is 44.2 Å². The van der Waals surface area contributed by atoms with E-state index in [-0.39, 0.29) is 17.9 Å². The number of hydrogen-bond donors (Lipinski definition) is 1. The molecule has 0 bridgehead atoms. The molecule has 2 unspecified atom stereocenters. The zero-order valence-corrected chi connectivity index (χ0v) is 16.4. The third kappa shape index (κ3) is 5.57. The van der Waals surface area contributed by atoms with Gasteiger partial charge in [-0.15, -0.1) is 0 Å². The van der Waals surface area contributed by atoms with Crippen molar-refractivity contribution in [3.8, 4) is 5.75 Å². The predicted octanol–water partition coefficient (Wildman–Crippen LogP) is 4.17. The lowest BCUT2D eigenvalue weighted by atomic mass is 9.96. The number of hydrogen-bond acceptors (Lipinski definition) is 3. The van der Waals surface area contributed by atoms with Crippen molar-refractivity contribution in [2.75, 3.05) is 19.7 Å². The summed E-state index contributed by atoms with van der Waals surface area (Å²) in [6.07, 6.45) is 2.04. The first-order chi connectivity index (χ1) is 13.2. The molecule has 0 spiro atoms. The van der Waals surface area contributed by atoms with Crippen molar-refractivity contribution in [3.05, 3.63) is 65.7 Å². The second kappa shape index (κ2) is 9.56. The summed E-state index contributed by atoms with van der Waals surface area (Å²) < 4.78 is 5.48. The quantitative estimate of drug-likeness (QED) is 0.799. The minimum Gasteiger partial charge on any atom is -0.494 e. The zero-order valence-electron chi connectivity index (χ0n) is 16.4. The first-order valence-electron chi connectivity index (χ1n) is 9.95. The monoisotopic (exact) mass is 366 g/mol. The fourth-order valence-corrected chi connectivity index (χ4v) is 3.69. The van der Waals surface area contributed by atoms with E-state index >= 15 is 0 Å². The Morgan fingerprint density at radius 3 is 2.63 bits per heavy atom. The van der Waals surface area contributed by atoms with Gasteiger partial charge in [-0.2, -0.15) is 0 Å². The highest BCUT2D eigenvalue weighted by Crippen LogP contribution is 2.22. The number of likely N-dealkylation sites (tertiary alicyclic amines) is 1. The van der Waals surface area contributed by atoms with Gasteiger partial charge in [-0.05, 0) is 56.5 Å². The maximum absolute atomic E-state index is 12.8. The van der Waals surface area contributed by atoms with Gasteiger partial charge in [0.15, 0.2) is 0 Å². The molecule has 0 saturated carbocycles. The van der Waals surface area contributed by atoms with Gasteiger partial charge < -0.3 is 10.1 Å². The van der Waals surface area contributed by atoms with E-state index in [1.54, 1.807) is 0 Å². The van der Waals surface area contributed by atoms with Crippen LogP contribution in [0.2, 0.25) is 0 Å². The van der Waals surface area contributed by atoms with E-state index in [2.05, 4.69) is 34.5 Å². The standard InChI is InChI=1S/C23H30N2O2/c1-3-27-22-13-11-20(12-14-22)18(2)24-23(26)21-10-7-15-25(17-21)16-19-8-5-4-6-9-19/h4-6,8-9,11-14,18,21H,3,7,10,15-17H2,1-2H3,(H,24,26). The lowest BCUT2D eigenvalue weighted by molar-refractivity contribution is -0.127. The Morgan fingerprint density at radius 2 is 1.93 bits per heavy atom. The lowest BCUT2D eigenvalue weighted by Crippen LogP contribution is -2.43. The number of carbonyl (C=O) groups is 1. The molecular weight excluding hydrogens is 336 g/mol. The average molecular weight is 367 g/mol. The highest BCUT2D eigenvalue weighted by atomic mass is 16.5. The number of rotatable bonds is 7. The van der Waals surface area contributed by atoms with E-state index in [0.717, 1.165) is 43.8 Å². The molecule has 1 aliphatic heterocycles. The van der Waals surface area contributed by atoms with Gasteiger partial charge in [0.05, 0.1) is 18.6 Å². The number of benzene rings is 2. The Balaban J connectivity index is 1.53. The van der Waals surface area contributed by atoms with Crippen LogP contribution in [0.15, 0.2) is 54.6 Å². The van der Waals surface area contributed by atoms with Gasteiger partial charge in [-0.25, -0.2) is 0 Å². The summed E-state index contributed by atoms with van der Waals surface area (Å²) in [6, 6.07) is 18.5. The number of piperidine rings is 1. The SMILES string of the molecule is CCOc1ccc(C(C)NC(=O)C2CCCN(Cc3ccccc3)C2)cc1. The van der Waals surface area contributed by atoms with Crippen LogP contribution in [0.3, 0.4) is 0 Å². The molecule has 2 atom stereocenters. The van der Waals surface area contributed by atoms with Gasteiger partial charge in [0.1, 0.15) is 5.75 Å². The van der Waals surface area contributed by atoms with E-state index in [1.165, 1.54) is 5.56 Å². The molecule has 144 valence electrons. The Morgan fingerprint density at radius 1 is 1.19 bits per heavy atom. The molecule has 27 heavy (non-hydrogen) atoms. The molecule has 0 aliphatic carbocycles. The summed E-state index contributed by atoms with van der Waals surface area (Å²) in [4.78, 5) is 15.2. The Kier molecular flexibility index (Phi) is 6.88. The second-order valence-electron chi connectivity index (χ2n) is 7.29. The smallest absolute Gasteiger partial charge is 0.224 e. The third-order valence-electron chi connectivity index (χ3n) is 5.18. The number of amides is 1. The third-order valence-corrected chi connectivity index (χ3v) is 5.18. The van der Waals surface area contributed by atoms with Gasteiger partial charge in [0, 0.05) is 13.1 Å². The summed E-state index contributed by atoms with van der Waals surface area (Å²) in [5, 5.41) is 3.20. The molecule has 1 amide bonds. The van der Waals surface area contributed by atoms with Crippen LogP contribution in [0.1, 0.15) is 43.9 Å². The van der Waals surface area contributed by atoms with E-state index in [4.69, 9.17) is 4.74 Å². The van der Waals surface area contributed by atoms with Crippen molar-refractivity contribution >= 4 is 5.91 Å². The van der Waals surface area contributed by atoms with Crippen LogP contribution in [0, 0.1) is 5.92 Å². The molecule has 2 aromatic rings. The van der Waals surface area contributed by atoms with Gasteiger partial charge in [0.25, 0.3) is 0 Å². The first-order valence-corrected chi connectivity index (χ1v) is 9.95. The van der Waals surface area contributed by atoms with Crippen LogP contribution in [0.5, 0.6) is 5.75 Å². The normalized spacial score (nSPS) is 18.7. The average Bonchev–Trinajstić information content (AvgIpc) is 2.70. The summed E-state index contributed by atoms with van der Waals surface area (Å²) >= 11 is 0. The molecule has 0 aromatic heterocycles. The molecule has 1 heterocycles. The van der Waals surface area contributed by atoms with Gasteiger partial charge >= 0.3 is 0 Å². The van der Waals surface area contributed by atoms with Crippen molar-refractivity contribution < 1.29 is 9.53 Å². The molecule has 4 heteroatoms. The predicted molar refractivity (Wildman–Crippen MR) is 109 cm³/mol. The molecule has 0 radical (unpaired) electrons. The molecule has 1 aliphatic rings. The van der Waals surface area contributed by atoms with Crippen LogP contribution >= 0.6 is 0 Å². The summed E-state index contributed by atoms with van der Waals surface area (Å²) in [7, 11) is 0. The summed E-state index contributed by atoms with van der Waals surface area (Å²) in [5.41, 5.74) is 2.41. The highest BCUT2D eigenvalue weighted by molar-refractivity contribution is 5.79. The summed E-state index contributed by atoms with van der Waals surface area (Å²) in [5.74, 6) is 1.09. The van der Waals surface area contributed by atoms with Crippen molar-refractivity contribution in [1.29, 1.82) is 0 Å². The Bertz CT molecular complexity index is 715. The van der Waals surface area contributed by atoms with Crippen LogP contribution in [0.25, 0.3) is 0 Å². The van der Waals surface area contributed by atoms with E-state index in [0.29, 0.717) is 6.61 Å². The fourth-order valence-electron chi connectivity index (χ4n) is 3.69. The largest absolute Gasteiger partial charge is 0.494 e. The van der Waals surface area contributed by atoms with Gasteiger partial charge in [-0.3, -0.25) is 9.69 Å². The molecule has 1 fully saturated rings. The summed E-state index contributed by atoms with van der Waals surface area (Å²) in [6.45, 7) is 7.48. The Labute approximate surface area is 162 Å². The van der Waals surface area contributed by atoms with Gasteiger partial charge in [0.2, 0.25) is 5.91 Å². The molecule has 1 saturated heterocycles.